The minimum atomic E-state index is -1.47. The molecule has 1 saturated heterocycles. The van der Waals surface area contributed by atoms with Gasteiger partial charge in [0.15, 0.2) is 0 Å². The molecular weight excluding hydrogens is 464 g/mol. The van der Waals surface area contributed by atoms with Gasteiger partial charge in [-0.1, -0.05) is 0 Å². The van der Waals surface area contributed by atoms with Crippen LogP contribution in [-0.2, 0) is 35.2 Å². The quantitative estimate of drug-likeness (QED) is 0.143. The van der Waals surface area contributed by atoms with Crippen LogP contribution in [0.25, 0.3) is 0 Å². The van der Waals surface area contributed by atoms with Crippen molar-refractivity contribution in [3.8, 4) is 0 Å². The van der Waals surface area contributed by atoms with Crippen molar-refractivity contribution in [3.63, 3.8) is 0 Å². The first-order chi connectivity index (χ1) is 16.5. The average Bonchev–Trinajstić information content (AvgIpc) is 3.47. The van der Waals surface area contributed by atoms with Gasteiger partial charge in [0.2, 0.25) is 29.5 Å². The third-order valence-corrected chi connectivity index (χ3v) is 5.48. The number of carboxylic acids is 1. The Hall–Kier alpha value is -4.01. The number of imidazole rings is 1. The molecule has 35 heavy (non-hydrogen) atoms. The Kier molecular flexibility index (Phi) is 9.69. The fourth-order valence-electron chi connectivity index (χ4n) is 3.72. The van der Waals surface area contributed by atoms with E-state index in [9.17, 15) is 33.9 Å². The smallest absolute Gasteiger partial charge is 0.326 e. The summed E-state index contributed by atoms with van der Waals surface area (Å²) >= 11 is 0. The van der Waals surface area contributed by atoms with E-state index >= 15 is 0 Å². The van der Waals surface area contributed by atoms with E-state index in [0.717, 1.165) is 4.90 Å². The number of hydrogen-bond acceptors (Lipinski definition) is 8. The van der Waals surface area contributed by atoms with E-state index in [1.54, 1.807) is 0 Å². The molecule has 10 N–H and O–H groups in total. The van der Waals surface area contributed by atoms with E-state index < -0.39 is 66.1 Å². The molecule has 5 amide bonds. The number of aliphatic carboxylic acids is 1. The Morgan fingerprint density at radius 2 is 1.80 bits per heavy atom. The Balaban J connectivity index is 2.14. The third-order valence-electron chi connectivity index (χ3n) is 5.48. The number of rotatable bonds is 13. The number of primary amides is 2. The van der Waals surface area contributed by atoms with Crippen LogP contribution in [0.1, 0.15) is 37.8 Å². The molecule has 15 heteroatoms. The molecule has 0 bridgehead atoms. The molecule has 2 rings (SSSR count). The minimum Gasteiger partial charge on any atom is -0.480 e. The van der Waals surface area contributed by atoms with Crippen molar-refractivity contribution in [2.24, 2.45) is 17.2 Å². The van der Waals surface area contributed by atoms with Gasteiger partial charge in [-0.2, -0.15) is 0 Å². The normalized spacial score (nSPS) is 17.7. The van der Waals surface area contributed by atoms with Gasteiger partial charge in [-0.05, 0) is 19.3 Å². The van der Waals surface area contributed by atoms with Crippen LogP contribution >= 0.6 is 0 Å². The van der Waals surface area contributed by atoms with E-state index in [1.807, 2.05) is 0 Å². The van der Waals surface area contributed by atoms with Crippen LogP contribution in [0.5, 0.6) is 0 Å². The van der Waals surface area contributed by atoms with Crippen LogP contribution in [0, 0.1) is 0 Å². The number of aromatic nitrogens is 2. The number of nitrogens with zero attached hydrogens (tertiary/aromatic N) is 2. The standard InChI is InChI=1S/C20H30N8O7/c21-11(6-10-8-24-9-25-10)17(31)27-13(7-16(23)30)18(32)26-12(3-4-15(22)29)19(33)28-5-1-2-14(28)20(34)35/h8-9,11-14H,1-7,21H2,(H2,22,29)(H2,23,30)(H,24,25)(H,26,32)(H,27,31)(H,34,35). The number of carbonyl (C=O) groups is 6. The predicted octanol–water partition coefficient (Wildman–Crippen LogP) is -3.53. The summed E-state index contributed by atoms with van der Waals surface area (Å²) in [7, 11) is 0. The molecule has 4 unspecified atom stereocenters. The highest BCUT2D eigenvalue weighted by Gasteiger charge is 2.38. The van der Waals surface area contributed by atoms with Gasteiger partial charge in [0.1, 0.15) is 18.1 Å². The van der Waals surface area contributed by atoms with E-state index in [4.69, 9.17) is 17.2 Å². The number of nitrogens with two attached hydrogens (primary N) is 3. The summed E-state index contributed by atoms with van der Waals surface area (Å²) in [6, 6.07) is -4.95. The molecular formula is C20H30N8O7. The maximum atomic E-state index is 13.0. The molecule has 2 heterocycles. The van der Waals surface area contributed by atoms with Gasteiger partial charge in [0.05, 0.1) is 18.8 Å². The monoisotopic (exact) mass is 494 g/mol. The van der Waals surface area contributed by atoms with Crippen LogP contribution in [0.3, 0.4) is 0 Å². The second kappa shape index (κ2) is 12.5. The number of nitrogens with one attached hydrogen (secondary N) is 3. The molecule has 1 aliphatic heterocycles. The highest BCUT2D eigenvalue weighted by molar-refractivity contribution is 5.96. The number of aromatic amines is 1. The van der Waals surface area contributed by atoms with Crippen LogP contribution < -0.4 is 27.8 Å². The largest absolute Gasteiger partial charge is 0.480 e. The molecule has 0 aliphatic carbocycles. The van der Waals surface area contributed by atoms with Gasteiger partial charge >= 0.3 is 5.97 Å². The van der Waals surface area contributed by atoms with Crippen molar-refractivity contribution in [1.82, 2.24) is 25.5 Å². The fourth-order valence-corrected chi connectivity index (χ4v) is 3.72. The van der Waals surface area contributed by atoms with Crippen LogP contribution in [0.15, 0.2) is 12.5 Å². The number of H-pyrrole nitrogens is 1. The summed E-state index contributed by atoms with van der Waals surface area (Å²) in [5.74, 6) is -5.24. The Morgan fingerprint density at radius 1 is 1.11 bits per heavy atom. The predicted molar refractivity (Wildman–Crippen MR) is 119 cm³/mol. The molecule has 1 aliphatic rings. The van der Waals surface area contributed by atoms with E-state index in [-0.39, 0.29) is 32.2 Å². The lowest BCUT2D eigenvalue weighted by Gasteiger charge is -2.28. The third kappa shape index (κ3) is 8.06. The fraction of sp³-hybridized carbons (Fsp3) is 0.550. The molecule has 0 radical (unpaired) electrons. The van der Waals surface area contributed by atoms with Gasteiger partial charge in [0, 0.05) is 31.3 Å². The number of amides is 5. The van der Waals surface area contributed by atoms with Crippen LogP contribution in [0.2, 0.25) is 0 Å². The van der Waals surface area contributed by atoms with Crippen molar-refractivity contribution in [3.05, 3.63) is 18.2 Å². The Morgan fingerprint density at radius 3 is 2.37 bits per heavy atom. The van der Waals surface area contributed by atoms with Gasteiger partial charge in [0.25, 0.3) is 0 Å². The van der Waals surface area contributed by atoms with E-state index in [0.29, 0.717) is 12.1 Å². The molecule has 15 nitrogen and oxygen atoms in total. The van der Waals surface area contributed by atoms with Gasteiger partial charge in [-0.25, -0.2) is 9.78 Å². The maximum absolute atomic E-state index is 13.0. The van der Waals surface area contributed by atoms with Gasteiger partial charge < -0.3 is 42.8 Å². The van der Waals surface area contributed by atoms with Crippen molar-refractivity contribution < 1.29 is 33.9 Å². The zero-order chi connectivity index (χ0) is 26.1. The summed E-state index contributed by atoms with van der Waals surface area (Å²) in [6.45, 7) is 0.155. The molecule has 1 aromatic heterocycles. The van der Waals surface area contributed by atoms with Crippen molar-refractivity contribution in [1.29, 1.82) is 0 Å². The highest BCUT2D eigenvalue weighted by atomic mass is 16.4. The van der Waals surface area contributed by atoms with Gasteiger partial charge in [-0.15, -0.1) is 0 Å². The SMILES string of the molecule is NC(=O)CCC(NC(=O)C(CC(N)=O)NC(=O)C(N)Cc1cnc[nH]1)C(=O)N1CCCC1C(=O)O. The minimum absolute atomic E-state index is 0.0714. The lowest BCUT2D eigenvalue weighted by Crippen LogP contribution is -2.58. The lowest BCUT2D eigenvalue weighted by molar-refractivity contribution is -0.149. The first-order valence-corrected chi connectivity index (χ1v) is 10.9. The molecule has 1 fully saturated rings. The summed E-state index contributed by atoms with van der Waals surface area (Å²) in [4.78, 5) is 80.5. The molecule has 192 valence electrons. The maximum Gasteiger partial charge on any atom is 0.326 e. The Labute approximate surface area is 200 Å². The first kappa shape index (κ1) is 27.2. The summed E-state index contributed by atoms with van der Waals surface area (Å²) < 4.78 is 0. The Bertz CT molecular complexity index is 951. The molecule has 4 atom stereocenters. The summed E-state index contributed by atoms with van der Waals surface area (Å²) in [5, 5.41) is 14.1. The number of carboxylic acid groups (broad SMARTS) is 1. The molecule has 0 aromatic carbocycles. The summed E-state index contributed by atoms with van der Waals surface area (Å²) in [5.41, 5.74) is 16.8. The van der Waals surface area contributed by atoms with Gasteiger partial charge in [-0.3, -0.25) is 24.0 Å². The topological polar surface area (TPSA) is 257 Å². The molecule has 1 aromatic rings. The van der Waals surface area contributed by atoms with Crippen molar-refractivity contribution >= 4 is 35.5 Å². The number of hydrogen-bond donors (Lipinski definition) is 7. The highest BCUT2D eigenvalue weighted by Crippen LogP contribution is 2.19. The molecule has 0 spiro atoms. The second-order valence-corrected chi connectivity index (χ2v) is 8.21. The molecule has 0 saturated carbocycles. The zero-order valence-corrected chi connectivity index (χ0v) is 18.9. The van der Waals surface area contributed by atoms with E-state index in [2.05, 4.69) is 20.6 Å². The van der Waals surface area contributed by atoms with Crippen molar-refractivity contribution in [2.45, 2.75) is 62.7 Å². The lowest BCUT2D eigenvalue weighted by atomic mass is 10.1. The van der Waals surface area contributed by atoms with Crippen molar-refractivity contribution in [2.75, 3.05) is 6.54 Å². The average molecular weight is 495 g/mol. The number of likely N-dealkylation sites (tertiary alicyclic amines) is 1. The first-order valence-electron chi connectivity index (χ1n) is 10.9. The zero-order valence-electron chi connectivity index (χ0n) is 18.9. The van der Waals surface area contributed by atoms with Crippen LogP contribution in [-0.4, -0.2) is 86.2 Å². The summed E-state index contributed by atoms with van der Waals surface area (Å²) in [6.07, 6.45) is 2.57. The number of carbonyl (C=O) groups excluding carboxylic acids is 5. The second-order valence-electron chi connectivity index (χ2n) is 8.21. The van der Waals surface area contributed by atoms with Crippen LogP contribution in [0.4, 0.5) is 0 Å². The van der Waals surface area contributed by atoms with E-state index in [1.165, 1.54) is 12.5 Å².